The molecule has 0 bridgehead atoms. The van der Waals surface area contributed by atoms with Crippen LogP contribution in [0.1, 0.15) is 5.56 Å². The van der Waals surface area contributed by atoms with Crippen LogP contribution in [0.15, 0.2) is 22.7 Å². The van der Waals surface area contributed by atoms with E-state index in [0.29, 0.717) is 17.0 Å². The molecule has 0 saturated carbocycles. The highest BCUT2D eigenvalue weighted by Crippen LogP contribution is 2.35. The van der Waals surface area contributed by atoms with E-state index >= 15 is 0 Å². The molecule has 2 aromatic rings. The molecule has 4 N–H and O–H groups in total. The van der Waals surface area contributed by atoms with Gasteiger partial charge in [0.1, 0.15) is 23.2 Å². The molecule has 0 atom stereocenters. The molecular weight excluding hydrogens is 380 g/mol. The van der Waals surface area contributed by atoms with Crippen molar-refractivity contribution in [3.63, 3.8) is 0 Å². The molecule has 0 unspecified atom stereocenters. The van der Waals surface area contributed by atoms with Gasteiger partial charge in [0, 0.05) is 24.1 Å². The summed E-state index contributed by atoms with van der Waals surface area (Å²) in [5.41, 5.74) is 12.4. The van der Waals surface area contributed by atoms with Crippen LogP contribution in [0.2, 0.25) is 0 Å². The Morgan fingerprint density at radius 1 is 1.35 bits per heavy atom. The summed E-state index contributed by atoms with van der Waals surface area (Å²) < 4.78 is 6.48. The zero-order valence-corrected chi connectivity index (χ0v) is 14.8. The molecule has 1 aromatic carbocycles. The van der Waals surface area contributed by atoms with E-state index in [0.717, 1.165) is 4.47 Å². The molecule has 0 amide bonds. The number of hydrogen-bond donors (Lipinski definition) is 2. The number of aromatic nitrogens is 2. The quantitative estimate of drug-likeness (QED) is 0.747. The normalized spacial score (nSPS) is 10.0. The van der Waals surface area contributed by atoms with Crippen LogP contribution in [-0.2, 0) is 0 Å². The predicted molar refractivity (Wildman–Crippen MR) is 95.6 cm³/mol. The first-order valence-electron chi connectivity index (χ1n) is 6.35. The van der Waals surface area contributed by atoms with Crippen molar-refractivity contribution in [2.75, 3.05) is 25.6 Å². The van der Waals surface area contributed by atoms with E-state index in [1.807, 2.05) is 6.07 Å². The van der Waals surface area contributed by atoms with Crippen LogP contribution in [0, 0.1) is 11.3 Å². The number of benzene rings is 1. The molecule has 0 aliphatic rings. The minimum Gasteiger partial charge on any atom is -0.431 e. The monoisotopic (exact) mass is 392 g/mol. The number of rotatable bonds is 2. The van der Waals surface area contributed by atoms with Crippen LogP contribution in [0.3, 0.4) is 0 Å². The molecule has 0 spiro atoms. The maximum absolute atomic E-state index is 9.33. The average molecular weight is 393 g/mol. The molecule has 0 aliphatic heterocycles. The molecule has 0 saturated heterocycles. The lowest BCUT2D eigenvalue weighted by Gasteiger charge is -2.17. The molecule has 2 rings (SSSR count). The van der Waals surface area contributed by atoms with E-state index in [-0.39, 0.29) is 22.5 Å². The number of nitriles is 1. The number of halogens is 1. The van der Waals surface area contributed by atoms with E-state index in [4.69, 9.17) is 28.4 Å². The van der Waals surface area contributed by atoms with Gasteiger partial charge in [-0.25, -0.2) is 4.98 Å². The lowest BCUT2D eigenvalue weighted by Crippen LogP contribution is -2.25. The molecule has 1 heterocycles. The summed E-state index contributed by atoms with van der Waals surface area (Å²) >= 11 is 8.54. The van der Waals surface area contributed by atoms with Crippen LogP contribution >= 0.6 is 28.1 Å². The molecule has 0 aliphatic carbocycles. The molecule has 1 aromatic heterocycles. The zero-order valence-electron chi connectivity index (χ0n) is 12.4. The fourth-order valence-electron chi connectivity index (χ4n) is 1.76. The van der Waals surface area contributed by atoms with Gasteiger partial charge in [-0.2, -0.15) is 10.2 Å². The number of nitrogens with two attached hydrogens (primary N) is 2. The van der Waals surface area contributed by atoms with Crippen LogP contribution in [-0.4, -0.2) is 34.1 Å². The minimum atomic E-state index is -0.0273. The van der Waals surface area contributed by atoms with Crippen molar-refractivity contribution in [2.24, 2.45) is 0 Å². The number of thiocarbonyl (C=S) groups is 1. The van der Waals surface area contributed by atoms with Crippen LogP contribution < -0.4 is 16.2 Å². The van der Waals surface area contributed by atoms with Crippen molar-refractivity contribution >= 4 is 45.1 Å². The third kappa shape index (κ3) is 3.67. The first-order valence-corrected chi connectivity index (χ1v) is 7.55. The highest BCUT2D eigenvalue weighted by molar-refractivity contribution is 9.10. The van der Waals surface area contributed by atoms with E-state index in [1.165, 1.54) is 0 Å². The predicted octanol–water partition coefficient (Wildman–Crippen LogP) is 2.17. The van der Waals surface area contributed by atoms with E-state index in [9.17, 15) is 5.26 Å². The topological polar surface area (TPSA) is 114 Å². The molecule has 9 heteroatoms. The lowest BCUT2D eigenvalue weighted by atomic mass is 10.1. The second-order valence-corrected chi connectivity index (χ2v) is 5.97. The molecule has 7 nitrogen and oxygen atoms in total. The highest BCUT2D eigenvalue weighted by atomic mass is 79.9. The van der Waals surface area contributed by atoms with Gasteiger partial charge in [-0.3, -0.25) is 0 Å². The number of ether oxygens (including phenoxy) is 1. The molecule has 0 fully saturated rings. The van der Waals surface area contributed by atoms with Gasteiger partial charge in [0.2, 0.25) is 5.95 Å². The van der Waals surface area contributed by atoms with Gasteiger partial charge in [0.05, 0.1) is 5.69 Å². The summed E-state index contributed by atoms with van der Waals surface area (Å²) in [4.78, 5) is 9.58. The maximum atomic E-state index is 9.33. The Morgan fingerprint density at radius 2 is 2.04 bits per heavy atom. The van der Waals surface area contributed by atoms with Crippen molar-refractivity contribution in [1.82, 2.24) is 14.9 Å². The second-order valence-electron chi connectivity index (χ2n) is 4.71. The van der Waals surface area contributed by atoms with Crippen molar-refractivity contribution in [1.29, 1.82) is 5.26 Å². The highest BCUT2D eigenvalue weighted by Gasteiger charge is 2.18. The van der Waals surface area contributed by atoms with Gasteiger partial charge in [-0.15, -0.1) is 0 Å². The smallest absolute Gasteiger partial charge is 0.264 e. The standard InChI is InChI=1S/C14H13BrN6OS/c1-21(2)14(23)22-10-5-7(15)3-4-8(10)11-9(6-16)12(17)20-13(18)19-11/h3-5H,1-2H3,(H4,17,18,19,20). The number of hydrogen-bond acceptors (Lipinski definition) is 7. The summed E-state index contributed by atoms with van der Waals surface area (Å²) in [6, 6.07) is 7.24. The number of anilines is 2. The third-order valence-corrected chi connectivity index (χ3v) is 3.77. The second kappa shape index (κ2) is 6.76. The lowest BCUT2D eigenvalue weighted by molar-refractivity contribution is 0.450. The minimum absolute atomic E-state index is 0.0130. The molecular formula is C14H13BrN6OS. The Balaban J connectivity index is 2.65. The summed E-state index contributed by atoms with van der Waals surface area (Å²) in [6.45, 7) is 0. The fraction of sp³-hybridized carbons (Fsp3) is 0.143. The Hall–Kier alpha value is -2.44. The Morgan fingerprint density at radius 3 is 2.65 bits per heavy atom. The van der Waals surface area contributed by atoms with E-state index in [1.54, 1.807) is 37.2 Å². The van der Waals surface area contributed by atoms with Gasteiger partial charge in [0.25, 0.3) is 5.17 Å². The van der Waals surface area contributed by atoms with Gasteiger partial charge >= 0.3 is 0 Å². The van der Waals surface area contributed by atoms with Gasteiger partial charge < -0.3 is 21.1 Å². The van der Waals surface area contributed by atoms with Gasteiger partial charge in [-0.05, 0) is 30.4 Å². The van der Waals surface area contributed by atoms with Crippen molar-refractivity contribution in [2.45, 2.75) is 0 Å². The Bertz CT molecular complexity index is 818. The van der Waals surface area contributed by atoms with Gasteiger partial charge in [0.15, 0.2) is 0 Å². The molecule has 118 valence electrons. The van der Waals surface area contributed by atoms with Crippen LogP contribution in [0.25, 0.3) is 11.3 Å². The van der Waals surface area contributed by atoms with Crippen LogP contribution in [0.5, 0.6) is 5.75 Å². The first kappa shape index (κ1) is 16.9. The van der Waals surface area contributed by atoms with Crippen molar-refractivity contribution in [3.8, 4) is 23.1 Å². The van der Waals surface area contributed by atoms with E-state index in [2.05, 4.69) is 25.9 Å². The fourth-order valence-corrected chi connectivity index (χ4v) is 2.19. The number of nitrogens with zero attached hydrogens (tertiary/aromatic N) is 4. The molecule has 23 heavy (non-hydrogen) atoms. The SMILES string of the molecule is CN(C)C(=S)Oc1cc(Br)ccc1-c1nc(N)nc(N)c1C#N. The summed E-state index contributed by atoms with van der Waals surface area (Å²) in [7, 11) is 3.53. The maximum Gasteiger partial charge on any atom is 0.264 e. The van der Waals surface area contributed by atoms with Crippen molar-refractivity contribution in [3.05, 3.63) is 28.2 Å². The first-order chi connectivity index (χ1) is 10.8. The summed E-state index contributed by atoms with van der Waals surface area (Å²) in [5.74, 6) is 0.409. The summed E-state index contributed by atoms with van der Waals surface area (Å²) in [5, 5.41) is 9.59. The summed E-state index contributed by atoms with van der Waals surface area (Å²) in [6.07, 6.45) is 0. The van der Waals surface area contributed by atoms with Gasteiger partial charge in [-0.1, -0.05) is 15.9 Å². The number of nitrogen functional groups attached to an aromatic ring is 2. The Labute approximate surface area is 147 Å². The zero-order chi connectivity index (χ0) is 17.1. The Kier molecular flexibility index (Phi) is 4.98. The van der Waals surface area contributed by atoms with Crippen LogP contribution in [0.4, 0.5) is 11.8 Å². The largest absolute Gasteiger partial charge is 0.431 e. The average Bonchev–Trinajstić information content (AvgIpc) is 2.46. The van der Waals surface area contributed by atoms with Crippen molar-refractivity contribution < 1.29 is 4.74 Å². The third-order valence-electron chi connectivity index (χ3n) is 2.83. The van der Waals surface area contributed by atoms with E-state index < -0.39 is 0 Å². The molecule has 0 radical (unpaired) electrons.